The van der Waals surface area contributed by atoms with Gasteiger partial charge in [0.25, 0.3) is 5.91 Å². The number of halogens is 2. The van der Waals surface area contributed by atoms with Gasteiger partial charge < -0.3 is 20.7 Å². The normalized spacial score (nSPS) is 14.9. The number of nitrogens with one attached hydrogen (secondary N) is 3. The largest absolute Gasteiger partial charge is 0.379 e. The molecular weight excluding hydrogens is 419 g/mol. The molecule has 8 nitrogen and oxygen atoms in total. The van der Waals surface area contributed by atoms with Gasteiger partial charge in [0, 0.05) is 30.2 Å². The van der Waals surface area contributed by atoms with E-state index in [0.29, 0.717) is 24.8 Å². The third-order valence-electron chi connectivity index (χ3n) is 4.62. The van der Waals surface area contributed by atoms with Gasteiger partial charge in [0.1, 0.15) is 0 Å². The smallest absolute Gasteiger partial charge is 0.253 e. The molecule has 1 aliphatic rings. The molecule has 1 aromatic carbocycles. The quantitative estimate of drug-likeness (QED) is 0.556. The fourth-order valence-electron chi connectivity index (χ4n) is 2.83. The number of morpholine rings is 1. The summed E-state index contributed by atoms with van der Waals surface area (Å²) in [4.78, 5) is 38.2. The van der Waals surface area contributed by atoms with E-state index in [0.717, 1.165) is 13.1 Å². The molecule has 0 radical (unpaired) electrons. The Morgan fingerprint density at radius 1 is 1.03 bits per heavy atom. The highest BCUT2D eigenvalue weighted by molar-refractivity contribution is 6.36. The van der Waals surface area contributed by atoms with Crippen LogP contribution in [0.2, 0.25) is 10.0 Å². The van der Waals surface area contributed by atoms with E-state index in [2.05, 4.69) is 34.7 Å². The first-order chi connectivity index (χ1) is 13.7. The zero-order chi connectivity index (χ0) is 21.4. The van der Waals surface area contributed by atoms with Gasteiger partial charge in [-0.05, 0) is 32.0 Å². The predicted molar refractivity (Wildman–Crippen MR) is 111 cm³/mol. The van der Waals surface area contributed by atoms with Gasteiger partial charge in [0.05, 0.1) is 36.9 Å². The Morgan fingerprint density at radius 2 is 1.66 bits per heavy atom. The molecule has 0 spiro atoms. The molecule has 10 heteroatoms. The molecule has 0 bridgehead atoms. The van der Waals surface area contributed by atoms with Gasteiger partial charge in [0.15, 0.2) is 0 Å². The van der Waals surface area contributed by atoms with Gasteiger partial charge >= 0.3 is 0 Å². The second-order valence-electron chi connectivity index (χ2n) is 7.27. The van der Waals surface area contributed by atoms with Crippen molar-refractivity contribution in [3.63, 3.8) is 0 Å². The Bertz CT molecular complexity index is 752. The lowest BCUT2D eigenvalue weighted by Gasteiger charge is -2.40. The van der Waals surface area contributed by atoms with Gasteiger partial charge in [-0.25, -0.2) is 0 Å². The van der Waals surface area contributed by atoms with Crippen LogP contribution in [0.15, 0.2) is 18.2 Å². The molecule has 1 fully saturated rings. The van der Waals surface area contributed by atoms with Gasteiger partial charge in [0.2, 0.25) is 11.8 Å². The minimum absolute atomic E-state index is 0.171. The van der Waals surface area contributed by atoms with E-state index in [4.69, 9.17) is 27.9 Å². The third kappa shape index (κ3) is 7.47. The summed E-state index contributed by atoms with van der Waals surface area (Å²) in [6.45, 7) is 7.10. The van der Waals surface area contributed by atoms with Crippen LogP contribution in [0.25, 0.3) is 0 Å². The van der Waals surface area contributed by atoms with Crippen LogP contribution in [-0.4, -0.2) is 74.1 Å². The van der Waals surface area contributed by atoms with Gasteiger partial charge in [-0.3, -0.25) is 19.3 Å². The molecule has 1 heterocycles. The van der Waals surface area contributed by atoms with Crippen LogP contribution in [-0.2, 0) is 14.3 Å². The summed E-state index contributed by atoms with van der Waals surface area (Å²) >= 11 is 11.8. The zero-order valence-electron chi connectivity index (χ0n) is 16.5. The molecule has 1 aliphatic heterocycles. The molecule has 0 unspecified atom stereocenters. The van der Waals surface area contributed by atoms with Crippen LogP contribution in [0.1, 0.15) is 24.2 Å². The molecule has 0 aliphatic carbocycles. The average molecular weight is 445 g/mol. The highest BCUT2D eigenvalue weighted by atomic mass is 35.5. The molecular formula is C19H26Cl2N4O4. The first kappa shape index (κ1) is 23.4. The van der Waals surface area contributed by atoms with Crippen molar-refractivity contribution in [3.05, 3.63) is 33.8 Å². The molecule has 160 valence electrons. The maximum Gasteiger partial charge on any atom is 0.253 e. The van der Waals surface area contributed by atoms with Crippen molar-refractivity contribution in [1.82, 2.24) is 20.9 Å². The van der Waals surface area contributed by atoms with E-state index in [1.54, 1.807) is 0 Å². The maximum atomic E-state index is 12.1. The Balaban J connectivity index is 1.69. The second-order valence-corrected chi connectivity index (χ2v) is 8.12. The first-order valence-electron chi connectivity index (χ1n) is 9.28. The summed E-state index contributed by atoms with van der Waals surface area (Å²) < 4.78 is 5.35. The number of rotatable bonds is 8. The van der Waals surface area contributed by atoms with Crippen molar-refractivity contribution in [2.24, 2.45) is 0 Å². The molecule has 0 saturated carbocycles. The van der Waals surface area contributed by atoms with Gasteiger partial charge in [-0.2, -0.15) is 0 Å². The third-order valence-corrected chi connectivity index (χ3v) is 5.16. The monoisotopic (exact) mass is 444 g/mol. The lowest BCUT2D eigenvalue weighted by Crippen LogP contribution is -2.56. The van der Waals surface area contributed by atoms with Crippen molar-refractivity contribution in [2.45, 2.75) is 19.4 Å². The number of benzene rings is 1. The minimum atomic E-state index is -0.501. The van der Waals surface area contributed by atoms with E-state index in [1.807, 2.05) is 0 Å². The van der Waals surface area contributed by atoms with Crippen LogP contribution in [0.4, 0.5) is 0 Å². The number of ether oxygens (including phenoxy) is 1. The Kier molecular flexibility index (Phi) is 8.70. The van der Waals surface area contributed by atoms with Crippen LogP contribution in [0.3, 0.4) is 0 Å². The standard InChI is InChI=1S/C19H26Cl2N4O4/c1-19(2,25-5-7-29-8-6-25)12-24-17(27)10-22-16(26)11-23-18(28)14-4-3-13(20)9-15(14)21/h3-4,9H,5-8,10-12H2,1-2H3,(H,22,26)(H,23,28)(H,24,27). The van der Waals surface area contributed by atoms with E-state index in [1.165, 1.54) is 18.2 Å². The number of nitrogens with zero attached hydrogens (tertiary/aromatic N) is 1. The molecule has 2 rings (SSSR count). The fourth-order valence-corrected chi connectivity index (χ4v) is 3.32. The Labute approximate surface area is 180 Å². The molecule has 0 aromatic heterocycles. The number of carbonyl (C=O) groups excluding carboxylic acids is 3. The highest BCUT2D eigenvalue weighted by Gasteiger charge is 2.28. The van der Waals surface area contributed by atoms with Crippen LogP contribution >= 0.6 is 23.2 Å². The number of carbonyl (C=O) groups is 3. The molecule has 3 N–H and O–H groups in total. The van der Waals surface area contributed by atoms with Crippen molar-refractivity contribution in [1.29, 1.82) is 0 Å². The minimum Gasteiger partial charge on any atom is -0.379 e. The van der Waals surface area contributed by atoms with E-state index in [-0.39, 0.29) is 35.1 Å². The first-order valence-corrected chi connectivity index (χ1v) is 10.0. The van der Waals surface area contributed by atoms with Gasteiger partial charge in [-0.1, -0.05) is 23.2 Å². The Morgan fingerprint density at radius 3 is 2.31 bits per heavy atom. The van der Waals surface area contributed by atoms with Crippen molar-refractivity contribution in [3.8, 4) is 0 Å². The zero-order valence-corrected chi connectivity index (χ0v) is 18.0. The fraction of sp³-hybridized carbons (Fsp3) is 0.526. The lowest BCUT2D eigenvalue weighted by atomic mass is 10.0. The van der Waals surface area contributed by atoms with Crippen LogP contribution in [0.5, 0.6) is 0 Å². The molecule has 3 amide bonds. The number of amides is 3. The van der Waals surface area contributed by atoms with Crippen LogP contribution < -0.4 is 16.0 Å². The van der Waals surface area contributed by atoms with E-state index < -0.39 is 11.8 Å². The summed E-state index contributed by atoms with van der Waals surface area (Å²) in [6, 6.07) is 4.45. The molecule has 0 atom stereocenters. The van der Waals surface area contributed by atoms with Crippen molar-refractivity contribution < 1.29 is 19.1 Å². The second kappa shape index (κ2) is 10.8. The molecule has 1 saturated heterocycles. The summed E-state index contributed by atoms with van der Waals surface area (Å²) in [5.74, 6) is -1.28. The van der Waals surface area contributed by atoms with E-state index >= 15 is 0 Å². The predicted octanol–water partition coefficient (Wildman–Crippen LogP) is 1.07. The summed E-state index contributed by atoms with van der Waals surface area (Å²) in [5, 5.41) is 8.36. The SMILES string of the molecule is CC(C)(CNC(=O)CNC(=O)CNC(=O)c1ccc(Cl)cc1Cl)N1CCOCC1. The van der Waals surface area contributed by atoms with Crippen LogP contribution in [0, 0.1) is 0 Å². The van der Waals surface area contributed by atoms with Gasteiger partial charge in [-0.15, -0.1) is 0 Å². The molecule has 1 aromatic rings. The highest BCUT2D eigenvalue weighted by Crippen LogP contribution is 2.20. The van der Waals surface area contributed by atoms with Crippen molar-refractivity contribution >= 4 is 40.9 Å². The topological polar surface area (TPSA) is 99.8 Å². The number of hydrogen-bond donors (Lipinski definition) is 3. The molecule has 29 heavy (non-hydrogen) atoms. The lowest BCUT2D eigenvalue weighted by molar-refractivity contribution is -0.126. The summed E-state index contributed by atoms with van der Waals surface area (Å²) in [7, 11) is 0. The van der Waals surface area contributed by atoms with E-state index in [9.17, 15) is 14.4 Å². The average Bonchev–Trinajstić information content (AvgIpc) is 2.69. The Hall–Kier alpha value is -1.87. The number of hydrogen-bond acceptors (Lipinski definition) is 5. The van der Waals surface area contributed by atoms with Crippen molar-refractivity contribution in [2.75, 3.05) is 45.9 Å². The summed E-state index contributed by atoms with van der Waals surface area (Å²) in [6.07, 6.45) is 0. The maximum absolute atomic E-state index is 12.1. The summed E-state index contributed by atoms with van der Waals surface area (Å²) in [5.41, 5.74) is 0.00175.